The fraction of sp³-hybridized carbons (Fsp3) is 0.273. The number of nitrogens with zero attached hydrogens (tertiary/aromatic N) is 1. The molecule has 1 aromatic heterocycles. The average molecular weight is 188 g/mol. The van der Waals surface area contributed by atoms with E-state index >= 15 is 0 Å². The van der Waals surface area contributed by atoms with E-state index in [2.05, 4.69) is 16.0 Å². The van der Waals surface area contributed by atoms with Crippen molar-refractivity contribution in [1.29, 1.82) is 0 Å². The van der Waals surface area contributed by atoms with Gasteiger partial charge in [0.2, 0.25) is 0 Å². The van der Waals surface area contributed by atoms with Crippen LogP contribution in [0.5, 0.6) is 5.75 Å². The average Bonchev–Trinajstić information content (AvgIpc) is 2.41. The molecule has 1 aromatic carbocycles. The second-order valence-electron chi connectivity index (χ2n) is 3.70. The van der Waals surface area contributed by atoms with Crippen LogP contribution in [0.1, 0.15) is 5.56 Å². The lowest BCUT2D eigenvalue weighted by atomic mass is 10.1. The van der Waals surface area contributed by atoms with Gasteiger partial charge in [0.05, 0.1) is 5.52 Å². The molecule has 0 bridgehead atoms. The Labute approximate surface area is 82.0 Å². The van der Waals surface area contributed by atoms with Gasteiger partial charge < -0.3 is 15.0 Å². The number of benzene rings is 1. The summed E-state index contributed by atoms with van der Waals surface area (Å²) >= 11 is 0. The monoisotopic (exact) mass is 188 g/mol. The van der Waals surface area contributed by atoms with Crippen molar-refractivity contribution in [2.75, 3.05) is 6.54 Å². The van der Waals surface area contributed by atoms with E-state index in [0.717, 1.165) is 25.0 Å². The molecule has 0 unspecified atom stereocenters. The molecule has 0 saturated carbocycles. The third-order valence-corrected chi connectivity index (χ3v) is 2.81. The van der Waals surface area contributed by atoms with E-state index in [-0.39, 0.29) is 0 Å². The van der Waals surface area contributed by atoms with Gasteiger partial charge in [0.15, 0.2) is 0 Å². The van der Waals surface area contributed by atoms with Gasteiger partial charge in [-0.15, -0.1) is 0 Å². The lowest BCUT2D eigenvalue weighted by molar-refractivity contribution is 0.477. The van der Waals surface area contributed by atoms with Crippen LogP contribution in [0, 0.1) is 0 Å². The van der Waals surface area contributed by atoms with Crippen molar-refractivity contribution >= 4 is 10.9 Å². The minimum atomic E-state index is 0.392. The van der Waals surface area contributed by atoms with Gasteiger partial charge in [0, 0.05) is 31.2 Å². The maximum atomic E-state index is 9.73. The summed E-state index contributed by atoms with van der Waals surface area (Å²) in [6, 6.07) is 6.07. The van der Waals surface area contributed by atoms with Crippen molar-refractivity contribution in [3.05, 3.63) is 30.0 Å². The largest absolute Gasteiger partial charge is 0.506 e. The van der Waals surface area contributed by atoms with E-state index in [1.807, 2.05) is 18.3 Å². The Morgan fingerprint density at radius 1 is 1.36 bits per heavy atom. The molecular weight excluding hydrogens is 176 g/mol. The van der Waals surface area contributed by atoms with Crippen LogP contribution in [-0.4, -0.2) is 16.2 Å². The Hall–Kier alpha value is -1.48. The van der Waals surface area contributed by atoms with Crippen molar-refractivity contribution in [2.45, 2.75) is 13.1 Å². The fourth-order valence-electron chi connectivity index (χ4n) is 2.16. The first kappa shape index (κ1) is 7.88. The molecule has 2 aromatic rings. The summed E-state index contributed by atoms with van der Waals surface area (Å²) in [4.78, 5) is 0. The quantitative estimate of drug-likeness (QED) is 0.656. The Morgan fingerprint density at radius 3 is 3.21 bits per heavy atom. The Balaban J connectivity index is 2.42. The van der Waals surface area contributed by atoms with Gasteiger partial charge in [-0.2, -0.15) is 0 Å². The van der Waals surface area contributed by atoms with E-state index in [9.17, 15) is 5.11 Å². The number of hydrogen-bond donors (Lipinski definition) is 2. The molecule has 0 fully saturated rings. The fourth-order valence-corrected chi connectivity index (χ4v) is 2.16. The standard InChI is InChI=1S/C11H12N2O/c14-10-7-13-5-4-12-6-8-2-1-3-9(10)11(8)13/h1-3,7,12,14H,4-6H2. The Kier molecular flexibility index (Phi) is 1.55. The zero-order valence-corrected chi connectivity index (χ0v) is 7.83. The highest BCUT2D eigenvalue weighted by molar-refractivity contribution is 5.89. The number of aromatic nitrogens is 1. The van der Waals surface area contributed by atoms with Crippen molar-refractivity contribution in [2.24, 2.45) is 0 Å². The van der Waals surface area contributed by atoms with E-state index in [1.165, 1.54) is 11.1 Å². The van der Waals surface area contributed by atoms with Crippen molar-refractivity contribution < 1.29 is 5.11 Å². The molecule has 1 aliphatic rings. The third kappa shape index (κ3) is 0.960. The third-order valence-electron chi connectivity index (χ3n) is 2.81. The Morgan fingerprint density at radius 2 is 2.29 bits per heavy atom. The molecule has 1 aliphatic heterocycles. The second kappa shape index (κ2) is 2.75. The number of rotatable bonds is 0. The van der Waals surface area contributed by atoms with Gasteiger partial charge in [0.1, 0.15) is 5.75 Å². The summed E-state index contributed by atoms with van der Waals surface area (Å²) in [5, 5.41) is 14.0. The van der Waals surface area contributed by atoms with Crippen LogP contribution in [0.4, 0.5) is 0 Å². The first-order valence-electron chi connectivity index (χ1n) is 4.86. The van der Waals surface area contributed by atoms with E-state index in [0.29, 0.717) is 5.75 Å². The molecule has 0 radical (unpaired) electrons. The minimum Gasteiger partial charge on any atom is -0.506 e. The van der Waals surface area contributed by atoms with Crippen LogP contribution in [0.2, 0.25) is 0 Å². The summed E-state index contributed by atoms with van der Waals surface area (Å²) in [5.74, 6) is 0.392. The van der Waals surface area contributed by atoms with Crippen LogP contribution in [0.25, 0.3) is 10.9 Å². The summed E-state index contributed by atoms with van der Waals surface area (Å²) in [7, 11) is 0. The molecule has 0 aliphatic carbocycles. The molecule has 3 heteroatoms. The molecule has 0 atom stereocenters. The smallest absolute Gasteiger partial charge is 0.141 e. The van der Waals surface area contributed by atoms with Gasteiger partial charge in [-0.1, -0.05) is 12.1 Å². The SMILES string of the molecule is Oc1cn2c3c(cccc13)CNCC2. The first-order valence-corrected chi connectivity index (χ1v) is 4.86. The molecule has 2 N–H and O–H groups in total. The van der Waals surface area contributed by atoms with Gasteiger partial charge >= 0.3 is 0 Å². The molecule has 2 heterocycles. The highest BCUT2D eigenvalue weighted by atomic mass is 16.3. The summed E-state index contributed by atoms with van der Waals surface area (Å²) in [6.45, 7) is 2.77. The van der Waals surface area contributed by atoms with Gasteiger partial charge in [-0.05, 0) is 11.6 Å². The molecule has 3 rings (SSSR count). The predicted octanol–water partition coefficient (Wildman–Crippen LogP) is 1.45. The number of hydrogen-bond acceptors (Lipinski definition) is 2. The van der Waals surface area contributed by atoms with Crippen LogP contribution in [0.3, 0.4) is 0 Å². The van der Waals surface area contributed by atoms with E-state index < -0.39 is 0 Å². The number of nitrogens with one attached hydrogen (secondary N) is 1. The highest BCUT2D eigenvalue weighted by Gasteiger charge is 2.13. The molecule has 3 nitrogen and oxygen atoms in total. The van der Waals surface area contributed by atoms with Crippen LogP contribution >= 0.6 is 0 Å². The molecule has 0 amide bonds. The van der Waals surface area contributed by atoms with Crippen molar-refractivity contribution in [3.63, 3.8) is 0 Å². The van der Waals surface area contributed by atoms with E-state index in [1.54, 1.807) is 0 Å². The summed E-state index contributed by atoms with van der Waals surface area (Å²) < 4.78 is 2.12. The van der Waals surface area contributed by atoms with Crippen LogP contribution in [-0.2, 0) is 13.1 Å². The maximum absolute atomic E-state index is 9.73. The van der Waals surface area contributed by atoms with Gasteiger partial charge in [0.25, 0.3) is 0 Å². The van der Waals surface area contributed by atoms with E-state index in [4.69, 9.17) is 0 Å². The zero-order chi connectivity index (χ0) is 9.54. The summed E-state index contributed by atoms with van der Waals surface area (Å²) in [5.41, 5.74) is 2.44. The van der Waals surface area contributed by atoms with Gasteiger partial charge in [-0.25, -0.2) is 0 Å². The molecule has 72 valence electrons. The normalized spacial score (nSPS) is 15.7. The number of aromatic hydroxyl groups is 1. The van der Waals surface area contributed by atoms with Crippen LogP contribution in [0.15, 0.2) is 24.4 Å². The summed E-state index contributed by atoms with van der Waals surface area (Å²) in [6.07, 6.45) is 1.82. The van der Waals surface area contributed by atoms with Crippen molar-refractivity contribution in [3.8, 4) is 5.75 Å². The van der Waals surface area contributed by atoms with Gasteiger partial charge in [-0.3, -0.25) is 0 Å². The highest BCUT2D eigenvalue weighted by Crippen LogP contribution is 2.30. The lowest BCUT2D eigenvalue weighted by Gasteiger charge is -2.01. The lowest BCUT2D eigenvalue weighted by Crippen LogP contribution is -2.15. The molecular formula is C11H12N2O. The van der Waals surface area contributed by atoms with Crippen LogP contribution < -0.4 is 5.32 Å². The molecule has 0 spiro atoms. The second-order valence-corrected chi connectivity index (χ2v) is 3.70. The predicted molar refractivity (Wildman–Crippen MR) is 55.3 cm³/mol. The van der Waals surface area contributed by atoms with Crippen molar-refractivity contribution in [1.82, 2.24) is 9.88 Å². The minimum absolute atomic E-state index is 0.392. The molecule has 14 heavy (non-hydrogen) atoms. The first-order chi connectivity index (χ1) is 6.86. The zero-order valence-electron chi connectivity index (χ0n) is 7.83. The maximum Gasteiger partial charge on any atom is 0.141 e. The molecule has 0 saturated heterocycles. The Bertz CT molecular complexity index is 487. The topological polar surface area (TPSA) is 37.2 Å². The number of para-hydroxylation sites is 1.